The number of nitrogens with one attached hydrogen (secondary N) is 2. The Hall–Kier alpha value is -6.66. The van der Waals surface area contributed by atoms with Gasteiger partial charge in [-0.25, -0.2) is 9.97 Å². The first-order valence-corrected chi connectivity index (χ1v) is 16.0. The Kier molecular flexibility index (Phi) is 9.10. The van der Waals surface area contributed by atoms with Gasteiger partial charge >= 0.3 is 0 Å². The SMILES string of the molecule is COc1ccccc1-c1nc(-c2ccccc2)c(-c2ccccc2)[nH]1.Oc1cccc(-c2nc(-c3ccccc3)c(-c3ccccc3)[nH]2)c1. The van der Waals surface area contributed by atoms with E-state index in [1.165, 1.54) is 0 Å². The van der Waals surface area contributed by atoms with Crippen LogP contribution in [-0.2, 0) is 0 Å². The summed E-state index contributed by atoms with van der Waals surface area (Å²) in [5, 5.41) is 9.74. The number of aromatic amines is 2. The molecule has 0 saturated carbocycles. The summed E-state index contributed by atoms with van der Waals surface area (Å²) in [7, 11) is 1.68. The lowest BCUT2D eigenvalue weighted by Gasteiger charge is -2.05. The summed E-state index contributed by atoms with van der Waals surface area (Å²) < 4.78 is 5.50. The number of methoxy groups -OCH3 is 1. The predicted molar refractivity (Wildman–Crippen MR) is 198 cm³/mol. The lowest BCUT2D eigenvalue weighted by Crippen LogP contribution is -1.88. The highest BCUT2D eigenvalue weighted by Crippen LogP contribution is 2.36. The van der Waals surface area contributed by atoms with Gasteiger partial charge in [-0.15, -0.1) is 0 Å². The molecule has 6 aromatic carbocycles. The molecule has 0 atom stereocenters. The number of ether oxygens (including phenoxy) is 1. The molecule has 8 rings (SSSR count). The number of aromatic nitrogens is 4. The predicted octanol–water partition coefficient (Wildman–Crippen LogP) is 10.5. The molecule has 0 aliphatic carbocycles. The van der Waals surface area contributed by atoms with Crippen molar-refractivity contribution in [1.82, 2.24) is 19.9 Å². The summed E-state index contributed by atoms with van der Waals surface area (Å²) in [4.78, 5) is 16.6. The number of aromatic hydroxyl groups is 1. The lowest BCUT2D eigenvalue weighted by atomic mass is 10.1. The van der Waals surface area contributed by atoms with Crippen molar-refractivity contribution >= 4 is 0 Å². The molecule has 2 heterocycles. The van der Waals surface area contributed by atoms with Crippen LogP contribution in [-0.4, -0.2) is 32.2 Å². The molecule has 3 N–H and O–H groups in total. The first-order valence-electron chi connectivity index (χ1n) is 16.0. The molecule has 0 aliphatic rings. The normalized spacial score (nSPS) is 10.6. The van der Waals surface area contributed by atoms with Crippen molar-refractivity contribution in [2.75, 3.05) is 7.11 Å². The van der Waals surface area contributed by atoms with Crippen LogP contribution in [0.4, 0.5) is 0 Å². The maximum atomic E-state index is 9.74. The minimum atomic E-state index is 0.228. The van der Waals surface area contributed by atoms with Crippen LogP contribution in [0.3, 0.4) is 0 Å². The van der Waals surface area contributed by atoms with Gasteiger partial charge in [-0.2, -0.15) is 0 Å². The Bertz CT molecular complexity index is 2150. The van der Waals surface area contributed by atoms with Crippen LogP contribution in [0.15, 0.2) is 170 Å². The lowest BCUT2D eigenvalue weighted by molar-refractivity contribution is 0.416. The van der Waals surface area contributed by atoms with E-state index in [1.54, 1.807) is 19.2 Å². The Balaban J connectivity index is 0.000000154. The molecule has 0 aliphatic heterocycles. The van der Waals surface area contributed by atoms with Gasteiger partial charge in [0.25, 0.3) is 0 Å². The second-order valence-corrected chi connectivity index (χ2v) is 11.3. The average molecular weight is 639 g/mol. The smallest absolute Gasteiger partial charge is 0.142 e. The molecule has 0 unspecified atom stereocenters. The number of imidazole rings is 2. The number of benzene rings is 6. The number of phenolic OH excluding ortho intramolecular Hbond substituents is 1. The van der Waals surface area contributed by atoms with Crippen molar-refractivity contribution in [2.45, 2.75) is 0 Å². The van der Waals surface area contributed by atoms with E-state index in [-0.39, 0.29) is 5.75 Å². The molecule has 0 amide bonds. The van der Waals surface area contributed by atoms with Gasteiger partial charge < -0.3 is 19.8 Å². The average Bonchev–Trinajstić information content (AvgIpc) is 3.83. The zero-order valence-corrected chi connectivity index (χ0v) is 26.9. The molecule has 238 valence electrons. The van der Waals surface area contributed by atoms with E-state index >= 15 is 0 Å². The van der Waals surface area contributed by atoms with E-state index in [0.29, 0.717) is 0 Å². The summed E-state index contributed by atoms with van der Waals surface area (Å²) in [5.74, 6) is 2.57. The Labute approximate surface area is 285 Å². The number of phenols is 1. The fraction of sp³-hybridized carbons (Fsp3) is 0.0233. The van der Waals surface area contributed by atoms with E-state index < -0.39 is 0 Å². The van der Waals surface area contributed by atoms with Crippen LogP contribution < -0.4 is 4.74 Å². The van der Waals surface area contributed by atoms with Gasteiger partial charge in [-0.05, 0) is 24.3 Å². The van der Waals surface area contributed by atoms with Crippen molar-refractivity contribution < 1.29 is 9.84 Å². The van der Waals surface area contributed by atoms with Crippen molar-refractivity contribution in [3.63, 3.8) is 0 Å². The third-order valence-electron chi connectivity index (χ3n) is 8.11. The van der Waals surface area contributed by atoms with Gasteiger partial charge in [0.2, 0.25) is 0 Å². The summed E-state index contributed by atoms with van der Waals surface area (Å²) >= 11 is 0. The molecule has 2 aromatic heterocycles. The number of para-hydroxylation sites is 1. The molecule has 49 heavy (non-hydrogen) atoms. The standard InChI is InChI=1S/C22H18N2O.C21H16N2O/c1-25-19-15-9-8-14-18(19)22-23-20(16-10-4-2-5-11-16)21(24-22)17-12-6-3-7-13-17;24-18-13-7-12-17(14-18)21-22-19(15-8-3-1-4-9-15)20(23-21)16-10-5-2-6-11-16/h2-15H,1H3,(H,23,24);1-14,24H,(H,22,23). The zero-order chi connectivity index (χ0) is 33.4. The van der Waals surface area contributed by atoms with Crippen LogP contribution >= 0.6 is 0 Å². The van der Waals surface area contributed by atoms with Crippen molar-refractivity contribution in [1.29, 1.82) is 0 Å². The quantitative estimate of drug-likeness (QED) is 0.162. The number of H-pyrrole nitrogens is 2. The molecule has 0 bridgehead atoms. The second kappa shape index (κ2) is 14.4. The highest BCUT2D eigenvalue weighted by atomic mass is 16.5. The first kappa shape index (κ1) is 31.0. The van der Waals surface area contributed by atoms with Crippen molar-refractivity contribution in [3.05, 3.63) is 170 Å². The monoisotopic (exact) mass is 638 g/mol. The van der Waals surface area contributed by atoms with E-state index in [0.717, 1.165) is 73.6 Å². The van der Waals surface area contributed by atoms with E-state index in [1.807, 2.05) is 109 Å². The minimum absolute atomic E-state index is 0.228. The minimum Gasteiger partial charge on any atom is -0.508 e. The summed E-state index contributed by atoms with van der Waals surface area (Å²) in [6.45, 7) is 0. The summed E-state index contributed by atoms with van der Waals surface area (Å²) in [6, 6.07) is 55.8. The zero-order valence-electron chi connectivity index (χ0n) is 26.9. The molecule has 0 saturated heterocycles. The van der Waals surface area contributed by atoms with Gasteiger partial charge in [-0.3, -0.25) is 0 Å². The first-order chi connectivity index (χ1) is 24.2. The fourth-order valence-corrected chi connectivity index (χ4v) is 5.74. The second-order valence-electron chi connectivity index (χ2n) is 11.3. The van der Waals surface area contributed by atoms with E-state index in [9.17, 15) is 5.11 Å². The molecule has 0 radical (unpaired) electrons. The van der Waals surface area contributed by atoms with Crippen molar-refractivity contribution in [3.8, 4) is 79.3 Å². The fourth-order valence-electron chi connectivity index (χ4n) is 5.74. The van der Waals surface area contributed by atoms with Gasteiger partial charge in [-0.1, -0.05) is 146 Å². The third-order valence-corrected chi connectivity index (χ3v) is 8.11. The van der Waals surface area contributed by atoms with Crippen LogP contribution in [0.5, 0.6) is 11.5 Å². The van der Waals surface area contributed by atoms with Crippen LogP contribution in [0.2, 0.25) is 0 Å². The molecule has 6 heteroatoms. The Morgan fingerprint density at radius 1 is 0.449 bits per heavy atom. The van der Waals surface area contributed by atoms with Gasteiger partial charge in [0, 0.05) is 27.8 Å². The van der Waals surface area contributed by atoms with Gasteiger partial charge in [0.1, 0.15) is 23.1 Å². The molecule has 6 nitrogen and oxygen atoms in total. The third kappa shape index (κ3) is 6.89. The Morgan fingerprint density at radius 3 is 1.39 bits per heavy atom. The number of nitrogens with zero attached hydrogens (tertiary/aromatic N) is 2. The molecule has 8 aromatic rings. The largest absolute Gasteiger partial charge is 0.508 e. The number of hydrogen-bond acceptors (Lipinski definition) is 4. The number of hydrogen-bond donors (Lipinski definition) is 3. The highest BCUT2D eigenvalue weighted by Gasteiger charge is 2.17. The topological polar surface area (TPSA) is 86.8 Å². The molecular formula is C43H34N4O2. The maximum Gasteiger partial charge on any atom is 0.142 e. The maximum absolute atomic E-state index is 9.74. The van der Waals surface area contributed by atoms with Crippen molar-refractivity contribution in [2.24, 2.45) is 0 Å². The van der Waals surface area contributed by atoms with Crippen LogP contribution in [0.25, 0.3) is 67.8 Å². The number of rotatable bonds is 7. The molecular weight excluding hydrogens is 604 g/mol. The summed E-state index contributed by atoms with van der Waals surface area (Å²) in [5.41, 5.74) is 9.95. The van der Waals surface area contributed by atoms with Gasteiger partial charge in [0.15, 0.2) is 0 Å². The summed E-state index contributed by atoms with van der Waals surface area (Å²) in [6.07, 6.45) is 0. The molecule has 0 spiro atoms. The Morgan fingerprint density at radius 2 is 0.878 bits per heavy atom. The molecule has 0 fully saturated rings. The van der Waals surface area contributed by atoms with Crippen LogP contribution in [0, 0.1) is 0 Å². The van der Waals surface area contributed by atoms with Gasteiger partial charge in [0.05, 0.1) is 35.4 Å². The van der Waals surface area contributed by atoms with E-state index in [2.05, 4.69) is 58.5 Å². The van der Waals surface area contributed by atoms with E-state index in [4.69, 9.17) is 14.7 Å². The van der Waals surface area contributed by atoms with Crippen LogP contribution in [0.1, 0.15) is 0 Å². The highest BCUT2D eigenvalue weighted by molar-refractivity contribution is 5.83.